The number of hydrogen-bond donors (Lipinski definition) is 1. The predicted molar refractivity (Wildman–Crippen MR) is 59.7 cm³/mol. The molecule has 0 fully saturated rings. The normalized spacial score (nSPS) is 10.2. The Morgan fingerprint density at radius 2 is 2.23 bits per heavy atom. The van der Waals surface area contributed by atoms with Crippen LogP contribution in [-0.4, -0.2) is 4.98 Å². The molecule has 66 valence electrons. The Kier molecular flexibility index (Phi) is 2.33. The molecule has 1 aromatic heterocycles. The van der Waals surface area contributed by atoms with Crippen LogP contribution in [0.25, 0.3) is 11.3 Å². The molecule has 0 atom stereocenters. The Morgan fingerprint density at radius 3 is 2.92 bits per heavy atom. The summed E-state index contributed by atoms with van der Waals surface area (Å²) in [7, 11) is 0. The molecule has 4 heteroatoms. The second-order valence-electron chi connectivity index (χ2n) is 2.61. The molecule has 13 heavy (non-hydrogen) atoms. The quantitative estimate of drug-likeness (QED) is 0.795. The molecule has 0 amide bonds. The van der Waals surface area contributed by atoms with Gasteiger partial charge in [0.05, 0.1) is 11.2 Å². The molecule has 2 N–H and O–H groups in total. The van der Waals surface area contributed by atoms with Crippen LogP contribution in [0.2, 0.25) is 0 Å². The Hall–Kier alpha value is -0.870. The first kappa shape index (κ1) is 8.72. The van der Waals surface area contributed by atoms with Gasteiger partial charge in [0.1, 0.15) is 0 Å². The van der Waals surface area contributed by atoms with Crippen molar-refractivity contribution in [2.24, 2.45) is 0 Å². The highest BCUT2D eigenvalue weighted by Gasteiger charge is 2.04. The number of anilines is 1. The Labute approximate surface area is 88.6 Å². The fourth-order valence-corrected chi connectivity index (χ4v) is 2.01. The average molecular weight is 255 g/mol. The number of thiazole rings is 1. The van der Waals surface area contributed by atoms with Gasteiger partial charge in [-0.2, -0.15) is 0 Å². The van der Waals surface area contributed by atoms with Gasteiger partial charge in [0.25, 0.3) is 0 Å². The minimum Gasteiger partial charge on any atom is -0.398 e. The van der Waals surface area contributed by atoms with Gasteiger partial charge in [-0.25, -0.2) is 4.98 Å². The third kappa shape index (κ3) is 1.73. The second kappa shape index (κ2) is 3.47. The SMILES string of the molecule is Nc1ccc(Br)cc1-c1cscn1. The van der Waals surface area contributed by atoms with E-state index in [2.05, 4.69) is 20.9 Å². The van der Waals surface area contributed by atoms with Crippen LogP contribution in [0.4, 0.5) is 5.69 Å². The van der Waals surface area contributed by atoms with Gasteiger partial charge in [0.15, 0.2) is 0 Å². The van der Waals surface area contributed by atoms with Crippen LogP contribution in [0.1, 0.15) is 0 Å². The van der Waals surface area contributed by atoms with E-state index >= 15 is 0 Å². The van der Waals surface area contributed by atoms with Gasteiger partial charge in [0, 0.05) is 21.1 Å². The summed E-state index contributed by atoms with van der Waals surface area (Å²) in [6.45, 7) is 0. The van der Waals surface area contributed by atoms with E-state index in [1.807, 2.05) is 23.6 Å². The van der Waals surface area contributed by atoms with Crippen LogP contribution in [-0.2, 0) is 0 Å². The van der Waals surface area contributed by atoms with Crippen molar-refractivity contribution in [2.45, 2.75) is 0 Å². The van der Waals surface area contributed by atoms with Gasteiger partial charge in [-0.1, -0.05) is 15.9 Å². The van der Waals surface area contributed by atoms with Crippen molar-refractivity contribution in [3.8, 4) is 11.3 Å². The van der Waals surface area contributed by atoms with Crippen molar-refractivity contribution >= 4 is 33.0 Å². The summed E-state index contributed by atoms with van der Waals surface area (Å²) >= 11 is 4.97. The maximum absolute atomic E-state index is 5.82. The summed E-state index contributed by atoms with van der Waals surface area (Å²) in [4.78, 5) is 4.21. The topological polar surface area (TPSA) is 38.9 Å². The first-order chi connectivity index (χ1) is 6.27. The number of hydrogen-bond acceptors (Lipinski definition) is 3. The fraction of sp³-hybridized carbons (Fsp3) is 0. The summed E-state index contributed by atoms with van der Waals surface area (Å²) in [6.07, 6.45) is 0. The first-order valence-corrected chi connectivity index (χ1v) is 5.44. The lowest BCUT2D eigenvalue weighted by molar-refractivity contribution is 1.41. The zero-order valence-electron chi connectivity index (χ0n) is 6.70. The molecule has 0 unspecified atom stereocenters. The van der Waals surface area contributed by atoms with Crippen LogP contribution >= 0.6 is 27.3 Å². The monoisotopic (exact) mass is 254 g/mol. The standard InChI is InChI=1S/C9H7BrN2S/c10-6-1-2-8(11)7(3-6)9-4-13-5-12-9/h1-5H,11H2. The van der Waals surface area contributed by atoms with Crippen molar-refractivity contribution in [2.75, 3.05) is 5.73 Å². The van der Waals surface area contributed by atoms with Crippen LogP contribution in [0, 0.1) is 0 Å². The number of benzene rings is 1. The predicted octanol–water partition coefficient (Wildman–Crippen LogP) is 3.15. The molecule has 0 aliphatic carbocycles. The van der Waals surface area contributed by atoms with E-state index < -0.39 is 0 Å². The zero-order valence-corrected chi connectivity index (χ0v) is 9.10. The highest BCUT2D eigenvalue weighted by Crippen LogP contribution is 2.28. The summed E-state index contributed by atoms with van der Waals surface area (Å²) in [5, 5.41) is 1.98. The highest BCUT2D eigenvalue weighted by atomic mass is 79.9. The molecule has 0 aliphatic rings. The largest absolute Gasteiger partial charge is 0.398 e. The van der Waals surface area contributed by atoms with Crippen molar-refractivity contribution in [1.29, 1.82) is 0 Å². The molecule has 0 bridgehead atoms. The molecular weight excluding hydrogens is 248 g/mol. The molecule has 0 saturated heterocycles. The van der Waals surface area contributed by atoms with Crippen molar-refractivity contribution < 1.29 is 0 Å². The zero-order chi connectivity index (χ0) is 9.26. The molecule has 2 nitrogen and oxygen atoms in total. The lowest BCUT2D eigenvalue weighted by Crippen LogP contribution is -1.89. The molecule has 0 aliphatic heterocycles. The highest BCUT2D eigenvalue weighted by molar-refractivity contribution is 9.10. The molecular formula is C9H7BrN2S. The van der Waals surface area contributed by atoms with Crippen LogP contribution in [0.15, 0.2) is 33.6 Å². The maximum atomic E-state index is 5.82. The lowest BCUT2D eigenvalue weighted by atomic mass is 10.1. The summed E-state index contributed by atoms with van der Waals surface area (Å²) in [6, 6.07) is 5.77. The number of halogens is 1. The van der Waals surface area contributed by atoms with E-state index in [1.54, 1.807) is 16.8 Å². The maximum Gasteiger partial charge on any atom is 0.0832 e. The van der Waals surface area contributed by atoms with Crippen LogP contribution in [0.3, 0.4) is 0 Å². The van der Waals surface area contributed by atoms with Gasteiger partial charge in [-0.05, 0) is 18.2 Å². The minimum atomic E-state index is 0.758. The number of aromatic nitrogens is 1. The molecule has 0 spiro atoms. The third-order valence-electron chi connectivity index (χ3n) is 1.72. The van der Waals surface area contributed by atoms with Crippen molar-refractivity contribution in [3.63, 3.8) is 0 Å². The van der Waals surface area contributed by atoms with Gasteiger partial charge in [-0.3, -0.25) is 0 Å². The first-order valence-electron chi connectivity index (χ1n) is 3.71. The van der Waals surface area contributed by atoms with Gasteiger partial charge in [-0.15, -0.1) is 11.3 Å². The van der Waals surface area contributed by atoms with E-state index in [0.29, 0.717) is 0 Å². The smallest absolute Gasteiger partial charge is 0.0832 e. The number of nitrogens with two attached hydrogens (primary N) is 1. The molecule has 2 aromatic rings. The number of nitrogen functional groups attached to an aromatic ring is 1. The summed E-state index contributed by atoms with van der Waals surface area (Å²) < 4.78 is 1.02. The average Bonchev–Trinajstić information content (AvgIpc) is 2.61. The van der Waals surface area contributed by atoms with Crippen molar-refractivity contribution in [1.82, 2.24) is 4.98 Å². The molecule has 0 radical (unpaired) electrons. The number of rotatable bonds is 1. The van der Waals surface area contributed by atoms with Gasteiger partial charge >= 0.3 is 0 Å². The molecule has 1 heterocycles. The van der Waals surface area contributed by atoms with Gasteiger partial charge in [0.2, 0.25) is 0 Å². The molecule has 1 aromatic carbocycles. The molecule has 2 rings (SSSR count). The van der Waals surface area contributed by atoms with E-state index in [9.17, 15) is 0 Å². The van der Waals surface area contributed by atoms with Crippen LogP contribution in [0.5, 0.6) is 0 Å². The minimum absolute atomic E-state index is 0.758. The lowest BCUT2D eigenvalue weighted by Gasteiger charge is -2.02. The van der Waals surface area contributed by atoms with E-state index in [0.717, 1.165) is 21.4 Å². The third-order valence-corrected chi connectivity index (χ3v) is 2.80. The Balaban J connectivity index is 2.57. The summed E-state index contributed by atoms with van der Waals surface area (Å²) in [5.41, 5.74) is 10.3. The molecule has 0 saturated carbocycles. The van der Waals surface area contributed by atoms with Crippen molar-refractivity contribution in [3.05, 3.63) is 33.6 Å². The van der Waals surface area contributed by atoms with E-state index in [1.165, 1.54) is 0 Å². The Bertz CT molecular complexity index is 412. The Morgan fingerprint density at radius 1 is 1.38 bits per heavy atom. The van der Waals surface area contributed by atoms with E-state index in [-0.39, 0.29) is 0 Å². The summed E-state index contributed by atoms with van der Waals surface area (Å²) in [5.74, 6) is 0. The second-order valence-corrected chi connectivity index (χ2v) is 4.24. The number of nitrogens with zero attached hydrogens (tertiary/aromatic N) is 1. The van der Waals surface area contributed by atoms with E-state index in [4.69, 9.17) is 5.73 Å². The fourth-order valence-electron chi connectivity index (χ4n) is 1.10. The van der Waals surface area contributed by atoms with Gasteiger partial charge < -0.3 is 5.73 Å². The van der Waals surface area contributed by atoms with Crippen LogP contribution < -0.4 is 5.73 Å².